The van der Waals surface area contributed by atoms with Gasteiger partial charge in [-0.2, -0.15) is 0 Å². The molecule has 0 aliphatic carbocycles. The molecule has 3 rings (SSSR count). The number of amides is 2. The van der Waals surface area contributed by atoms with Crippen molar-refractivity contribution in [1.82, 2.24) is 10.6 Å². The lowest BCUT2D eigenvalue weighted by atomic mass is 10.1. The van der Waals surface area contributed by atoms with Crippen LogP contribution in [0.15, 0.2) is 48.2 Å². The van der Waals surface area contributed by atoms with Crippen LogP contribution in [0.5, 0.6) is 17.2 Å². The monoisotopic (exact) mass is 411 g/mol. The van der Waals surface area contributed by atoms with Gasteiger partial charge in [0.1, 0.15) is 11.4 Å². The third-order valence-corrected chi connectivity index (χ3v) is 4.17. The van der Waals surface area contributed by atoms with E-state index >= 15 is 0 Å². The third-order valence-electron chi connectivity index (χ3n) is 4.17. The van der Waals surface area contributed by atoms with Crippen molar-refractivity contribution in [3.05, 3.63) is 59.3 Å². The number of carbonyl (C=O) groups is 3. The molecule has 9 nitrogen and oxygen atoms in total. The van der Waals surface area contributed by atoms with Gasteiger partial charge in [-0.15, -0.1) is 0 Å². The molecule has 0 saturated heterocycles. The Bertz CT molecular complexity index is 983. The second kappa shape index (κ2) is 9.46. The van der Waals surface area contributed by atoms with Gasteiger partial charge >= 0.3 is 0 Å². The summed E-state index contributed by atoms with van der Waals surface area (Å²) in [6.07, 6.45) is 1.10. The van der Waals surface area contributed by atoms with Gasteiger partial charge in [-0.1, -0.05) is 6.07 Å². The first-order valence-corrected chi connectivity index (χ1v) is 9.01. The summed E-state index contributed by atoms with van der Waals surface area (Å²) in [6, 6.07) is 11.4. The van der Waals surface area contributed by atoms with E-state index in [9.17, 15) is 19.5 Å². The molecule has 0 spiro atoms. The van der Waals surface area contributed by atoms with Crippen molar-refractivity contribution < 1.29 is 33.7 Å². The van der Waals surface area contributed by atoms with Crippen LogP contribution in [0.4, 0.5) is 0 Å². The van der Waals surface area contributed by atoms with E-state index in [0.717, 1.165) is 0 Å². The molecule has 2 aromatic rings. The number of carbonyl (C=O) groups excluding carboxylic acids is 3. The number of benzene rings is 2. The lowest BCUT2D eigenvalue weighted by molar-refractivity contribution is -0.305. The number of rotatable bonds is 8. The molecule has 156 valence electrons. The van der Waals surface area contributed by atoms with Gasteiger partial charge in [-0.25, -0.2) is 0 Å². The first kappa shape index (κ1) is 20.7. The predicted octanol–water partition coefficient (Wildman–Crippen LogP) is 0.451. The van der Waals surface area contributed by atoms with E-state index in [1.54, 1.807) is 42.5 Å². The lowest BCUT2D eigenvalue weighted by Gasteiger charge is -2.12. The smallest absolute Gasteiger partial charge is 0.267 e. The minimum atomic E-state index is -1.29. The molecular formula is C21H19N2O7-. The molecule has 0 saturated carbocycles. The Hall–Kier alpha value is -4.01. The van der Waals surface area contributed by atoms with Gasteiger partial charge in [0.05, 0.1) is 7.11 Å². The van der Waals surface area contributed by atoms with Gasteiger partial charge < -0.3 is 34.7 Å². The Labute approximate surface area is 172 Å². The van der Waals surface area contributed by atoms with E-state index in [4.69, 9.17) is 14.2 Å². The van der Waals surface area contributed by atoms with E-state index in [2.05, 4.69) is 10.6 Å². The molecule has 0 atom stereocenters. The Morgan fingerprint density at radius 1 is 1.10 bits per heavy atom. The lowest BCUT2D eigenvalue weighted by Crippen LogP contribution is -2.37. The van der Waals surface area contributed by atoms with Crippen molar-refractivity contribution in [2.24, 2.45) is 0 Å². The highest BCUT2D eigenvalue weighted by Gasteiger charge is 2.17. The highest BCUT2D eigenvalue weighted by molar-refractivity contribution is 6.05. The quantitative estimate of drug-likeness (QED) is 0.604. The molecule has 9 heteroatoms. The second-order valence-corrected chi connectivity index (χ2v) is 6.23. The SMILES string of the molecule is COc1ccc(C(=O)N/C(=C\c2ccc3c(c2)OCO3)C(=O)NCCC(=O)[O-])cc1. The molecule has 1 aliphatic rings. The Balaban J connectivity index is 1.81. The number of carboxylic acids is 1. The van der Waals surface area contributed by atoms with E-state index in [1.807, 2.05) is 0 Å². The van der Waals surface area contributed by atoms with Crippen LogP contribution in [0, 0.1) is 0 Å². The summed E-state index contributed by atoms with van der Waals surface area (Å²) in [5.41, 5.74) is 0.835. The van der Waals surface area contributed by atoms with Crippen LogP contribution >= 0.6 is 0 Å². The van der Waals surface area contributed by atoms with E-state index < -0.39 is 17.8 Å². The fourth-order valence-electron chi connectivity index (χ4n) is 2.64. The number of nitrogens with one attached hydrogen (secondary N) is 2. The maximum Gasteiger partial charge on any atom is 0.267 e. The molecule has 1 heterocycles. The van der Waals surface area contributed by atoms with Crippen LogP contribution in [0.3, 0.4) is 0 Å². The zero-order valence-corrected chi connectivity index (χ0v) is 16.1. The van der Waals surface area contributed by atoms with Gasteiger partial charge in [0.25, 0.3) is 11.8 Å². The van der Waals surface area contributed by atoms with Gasteiger partial charge in [-0.05, 0) is 48.0 Å². The van der Waals surface area contributed by atoms with E-state index in [1.165, 1.54) is 13.2 Å². The summed E-state index contributed by atoms with van der Waals surface area (Å²) < 4.78 is 15.6. The second-order valence-electron chi connectivity index (χ2n) is 6.23. The van der Waals surface area contributed by atoms with Crippen molar-refractivity contribution in [1.29, 1.82) is 0 Å². The van der Waals surface area contributed by atoms with Gasteiger partial charge in [0.2, 0.25) is 6.79 Å². The van der Waals surface area contributed by atoms with Crippen molar-refractivity contribution in [3.8, 4) is 17.2 Å². The topological polar surface area (TPSA) is 126 Å². The van der Waals surface area contributed by atoms with Crippen LogP contribution in [0.25, 0.3) is 6.08 Å². The maximum atomic E-state index is 12.6. The molecule has 0 fully saturated rings. The minimum absolute atomic E-state index is 0.0620. The fraction of sp³-hybridized carbons (Fsp3) is 0.190. The number of hydrogen-bond acceptors (Lipinski definition) is 7. The normalized spacial score (nSPS) is 12.2. The van der Waals surface area contributed by atoms with E-state index in [-0.39, 0.29) is 25.5 Å². The largest absolute Gasteiger partial charge is 0.550 e. The number of aliphatic carboxylic acids is 1. The molecule has 2 aromatic carbocycles. The molecule has 0 bridgehead atoms. The van der Waals surface area contributed by atoms with Crippen molar-refractivity contribution in [3.63, 3.8) is 0 Å². The summed E-state index contributed by atoms with van der Waals surface area (Å²) in [4.78, 5) is 35.7. The molecule has 30 heavy (non-hydrogen) atoms. The van der Waals surface area contributed by atoms with Crippen molar-refractivity contribution >= 4 is 23.9 Å². The third kappa shape index (κ3) is 5.28. The molecule has 2 N–H and O–H groups in total. The van der Waals surface area contributed by atoms with Crippen LogP contribution in [0.1, 0.15) is 22.3 Å². The van der Waals surface area contributed by atoms with Crippen LogP contribution in [-0.2, 0) is 9.59 Å². The molecule has 1 aliphatic heterocycles. The average Bonchev–Trinajstić information content (AvgIpc) is 3.20. The first-order chi connectivity index (χ1) is 14.5. The Morgan fingerprint density at radius 3 is 2.53 bits per heavy atom. The minimum Gasteiger partial charge on any atom is -0.550 e. The number of ether oxygens (including phenoxy) is 3. The van der Waals surface area contributed by atoms with Crippen LogP contribution in [-0.4, -0.2) is 38.2 Å². The molecule has 0 unspecified atom stereocenters. The fourth-order valence-corrected chi connectivity index (χ4v) is 2.64. The predicted molar refractivity (Wildman–Crippen MR) is 104 cm³/mol. The molecular weight excluding hydrogens is 392 g/mol. The number of carboxylic acid groups (broad SMARTS) is 1. The van der Waals surface area contributed by atoms with Gasteiger partial charge in [0.15, 0.2) is 11.5 Å². The van der Waals surface area contributed by atoms with Crippen molar-refractivity contribution in [2.75, 3.05) is 20.4 Å². The number of fused-ring (bicyclic) bond motifs is 1. The highest BCUT2D eigenvalue weighted by Crippen LogP contribution is 2.33. The Kier molecular flexibility index (Phi) is 6.53. The van der Waals surface area contributed by atoms with Gasteiger partial charge in [-0.3, -0.25) is 9.59 Å². The maximum absolute atomic E-state index is 12.6. The summed E-state index contributed by atoms with van der Waals surface area (Å²) >= 11 is 0. The molecule has 0 aromatic heterocycles. The van der Waals surface area contributed by atoms with Crippen LogP contribution < -0.4 is 30.0 Å². The number of hydrogen-bond donors (Lipinski definition) is 2. The van der Waals surface area contributed by atoms with Gasteiger partial charge in [0, 0.05) is 24.5 Å². The zero-order valence-electron chi connectivity index (χ0n) is 16.1. The zero-order chi connectivity index (χ0) is 21.5. The van der Waals surface area contributed by atoms with Crippen molar-refractivity contribution in [2.45, 2.75) is 6.42 Å². The standard InChI is InChI=1S/C21H20N2O7/c1-28-15-5-3-14(4-6-15)20(26)23-16(21(27)22-9-8-19(24)25)10-13-2-7-17-18(11-13)30-12-29-17/h2-7,10-11H,8-9,12H2,1H3,(H,22,27)(H,23,26)(H,24,25)/p-1/b16-10-. The first-order valence-electron chi connectivity index (χ1n) is 9.01. The highest BCUT2D eigenvalue weighted by atomic mass is 16.7. The summed E-state index contributed by atoms with van der Waals surface area (Å²) in [6.45, 7) is -0.0364. The van der Waals surface area contributed by atoms with E-state index in [0.29, 0.717) is 28.4 Å². The average molecular weight is 411 g/mol. The Morgan fingerprint density at radius 2 is 1.83 bits per heavy atom. The summed E-state index contributed by atoms with van der Waals surface area (Å²) in [5.74, 6) is -0.770. The van der Waals surface area contributed by atoms with Crippen LogP contribution in [0.2, 0.25) is 0 Å². The molecule has 2 amide bonds. The molecule has 0 radical (unpaired) electrons. The number of methoxy groups -OCH3 is 1. The summed E-state index contributed by atoms with van der Waals surface area (Å²) in [7, 11) is 1.51. The summed E-state index contributed by atoms with van der Waals surface area (Å²) in [5, 5.41) is 15.6.